The van der Waals surface area contributed by atoms with Crippen LogP contribution in [-0.2, 0) is 6.54 Å². The predicted molar refractivity (Wildman–Crippen MR) is 60.9 cm³/mol. The third kappa shape index (κ3) is 3.35. The second kappa shape index (κ2) is 5.92. The van der Waals surface area contributed by atoms with Crippen LogP contribution in [0.3, 0.4) is 0 Å². The third-order valence-corrected chi connectivity index (χ3v) is 2.38. The standard InChI is InChI=1S/C10H15ClN2O2/c11-9-3-7(4-12)1-2-10(9)13-8(5-14)6-15/h1-3,8,13-15H,4-6,12H2. The molecule has 0 aliphatic heterocycles. The molecule has 15 heavy (non-hydrogen) atoms. The Kier molecular flexibility index (Phi) is 4.84. The van der Waals surface area contributed by atoms with Gasteiger partial charge in [-0.05, 0) is 17.7 Å². The minimum atomic E-state index is -0.397. The van der Waals surface area contributed by atoms with E-state index in [0.29, 0.717) is 17.3 Å². The number of nitrogens with two attached hydrogens (primary N) is 1. The number of anilines is 1. The van der Waals surface area contributed by atoms with Gasteiger partial charge in [0, 0.05) is 6.54 Å². The van der Waals surface area contributed by atoms with Crippen molar-refractivity contribution < 1.29 is 10.2 Å². The van der Waals surface area contributed by atoms with Crippen LogP contribution in [0.1, 0.15) is 5.56 Å². The summed E-state index contributed by atoms with van der Waals surface area (Å²) >= 11 is 5.98. The van der Waals surface area contributed by atoms with E-state index in [1.165, 1.54) is 0 Å². The molecular formula is C10H15ClN2O2. The summed E-state index contributed by atoms with van der Waals surface area (Å²) in [4.78, 5) is 0. The predicted octanol–water partition coefficient (Wildman–Crippen LogP) is 0.564. The maximum Gasteiger partial charge on any atom is 0.0723 e. The van der Waals surface area contributed by atoms with E-state index in [1.54, 1.807) is 12.1 Å². The lowest BCUT2D eigenvalue weighted by Gasteiger charge is -2.16. The number of hydrogen-bond acceptors (Lipinski definition) is 4. The molecule has 0 aromatic heterocycles. The van der Waals surface area contributed by atoms with Crippen LogP contribution in [0.15, 0.2) is 18.2 Å². The fraction of sp³-hybridized carbons (Fsp3) is 0.400. The maximum atomic E-state index is 8.89. The molecule has 0 atom stereocenters. The molecule has 0 unspecified atom stereocenters. The fourth-order valence-corrected chi connectivity index (χ4v) is 1.43. The minimum Gasteiger partial charge on any atom is -0.394 e. The van der Waals surface area contributed by atoms with Crippen LogP contribution in [-0.4, -0.2) is 29.5 Å². The molecule has 0 saturated carbocycles. The number of benzene rings is 1. The molecule has 0 radical (unpaired) electrons. The lowest BCUT2D eigenvalue weighted by Crippen LogP contribution is -2.27. The van der Waals surface area contributed by atoms with Gasteiger partial charge in [-0.25, -0.2) is 0 Å². The van der Waals surface area contributed by atoms with Gasteiger partial charge in [0.2, 0.25) is 0 Å². The molecule has 1 rings (SSSR count). The van der Waals surface area contributed by atoms with E-state index in [2.05, 4.69) is 5.32 Å². The summed E-state index contributed by atoms with van der Waals surface area (Å²) < 4.78 is 0. The van der Waals surface area contributed by atoms with Crippen LogP contribution >= 0.6 is 11.6 Å². The van der Waals surface area contributed by atoms with Crippen molar-refractivity contribution in [3.63, 3.8) is 0 Å². The SMILES string of the molecule is NCc1ccc(NC(CO)CO)c(Cl)c1. The quantitative estimate of drug-likeness (QED) is 0.596. The van der Waals surface area contributed by atoms with E-state index in [1.807, 2.05) is 6.07 Å². The normalized spacial score (nSPS) is 10.7. The van der Waals surface area contributed by atoms with Gasteiger partial charge in [0.15, 0.2) is 0 Å². The van der Waals surface area contributed by atoms with Crippen molar-refractivity contribution >= 4 is 17.3 Å². The molecule has 5 heteroatoms. The first-order valence-electron chi connectivity index (χ1n) is 4.68. The van der Waals surface area contributed by atoms with Crippen LogP contribution in [0.4, 0.5) is 5.69 Å². The van der Waals surface area contributed by atoms with Gasteiger partial charge in [-0.3, -0.25) is 0 Å². The summed E-state index contributed by atoms with van der Waals surface area (Å²) in [6.07, 6.45) is 0. The molecule has 5 N–H and O–H groups in total. The van der Waals surface area contributed by atoms with Gasteiger partial charge in [0.05, 0.1) is 30.0 Å². The lowest BCUT2D eigenvalue weighted by molar-refractivity contribution is 0.204. The number of aliphatic hydroxyl groups is 2. The van der Waals surface area contributed by atoms with Crippen LogP contribution in [0.5, 0.6) is 0 Å². The smallest absolute Gasteiger partial charge is 0.0723 e. The van der Waals surface area contributed by atoms with Crippen LogP contribution in [0.2, 0.25) is 5.02 Å². The van der Waals surface area contributed by atoms with Crippen LogP contribution < -0.4 is 11.1 Å². The molecule has 0 amide bonds. The highest BCUT2D eigenvalue weighted by molar-refractivity contribution is 6.33. The summed E-state index contributed by atoms with van der Waals surface area (Å²) in [6.45, 7) is 0.139. The average Bonchev–Trinajstić information content (AvgIpc) is 2.27. The Morgan fingerprint density at radius 1 is 1.33 bits per heavy atom. The fourth-order valence-electron chi connectivity index (χ4n) is 1.17. The van der Waals surface area contributed by atoms with Crippen molar-refractivity contribution in [2.24, 2.45) is 5.73 Å². The van der Waals surface area contributed by atoms with Crippen molar-refractivity contribution in [1.29, 1.82) is 0 Å². The average molecular weight is 231 g/mol. The number of hydrogen-bond donors (Lipinski definition) is 4. The van der Waals surface area contributed by atoms with Gasteiger partial charge in [-0.1, -0.05) is 17.7 Å². The Morgan fingerprint density at radius 2 is 2.00 bits per heavy atom. The molecule has 0 bridgehead atoms. The van der Waals surface area contributed by atoms with Crippen molar-refractivity contribution in [3.8, 4) is 0 Å². The summed E-state index contributed by atoms with van der Waals surface area (Å²) in [5.41, 5.74) is 7.09. The van der Waals surface area contributed by atoms with Gasteiger partial charge >= 0.3 is 0 Å². The van der Waals surface area contributed by atoms with Crippen molar-refractivity contribution in [3.05, 3.63) is 28.8 Å². The Morgan fingerprint density at radius 3 is 2.47 bits per heavy atom. The van der Waals surface area contributed by atoms with Gasteiger partial charge < -0.3 is 21.3 Å². The second-order valence-corrected chi connectivity index (χ2v) is 3.63. The van der Waals surface area contributed by atoms with E-state index in [9.17, 15) is 0 Å². The zero-order chi connectivity index (χ0) is 11.3. The van der Waals surface area contributed by atoms with Gasteiger partial charge in [-0.2, -0.15) is 0 Å². The maximum absolute atomic E-state index is 8.89. The Balaban J connectivity index is 2.77. The zero-order valence-corrected chi connectivity index (χ0v) is 9.04. The molecule has 1 aromatic carbocycles. The van der Waals surface area contributed by atoms with E-state index in [-0.39, 0.29) is 13.2 Å². The molecule has 0 aliphatic rings. The molecule has 0 aliphatic carbocycles. The highest BCUT2D eigenvalue weighted by Gasteiger charge is 2.07. The van der Waals surface area contributed by atoms with Gasteiger partial charge in [0.25, 0.3) is 0 Å². The Bertz CT molecular complexity index is 316. The highest BCUT2D eigenvalue weighted by atomic mass is 35.5. The number of aliphatic hydroxyl groups excluding tert-OH is 2. The van der Waals surface area contributed by atoms with Crippen LogP contribution in [0, 0.1) is 0 Å². The van der Waals surface area contributed by atoms with E-state index in [4.69, 9.17) is 27.5 Å². The molecule has 0 fully saturated rings. The lowest BCUT2D eigenvalue weighted by atomic mass is 10.2. The van der Waals surface area contributed by atoms with Crippen LogP contribution in [0.25, 0.3) is 0 Å². The Hall–Kier alpha value is -0.810. The summed E-state index contributed by atoms with van der Waals surface area (Å²) in [6, 6.07) is 4.99. The molecular weight excluding hydrogens is 216 g/mol. The first kappa shape index (κ1) is 12.3. The number of halogens is 1. The van der Waals surface area contributed by atoms with Crippen molar-refractivity contribution in [2.75, 3.05) is 18.5 Å². The van der Waals surface area contributed by atoms with E-state index >= 15 is 0 Å². The molecule has 84 valence electrons. The van der Waals surface area contributed by atoms with E-state index in [0.717, 1.165) is 5.56 Å². The topological polar surface area (TPSA) is 78.5 Å². The third-order valence-electron chi connectivity index (χ3n) is 2.07. The largest absolute Gasteiger partial charge is 0.394 e. The number of nitrogens with one attached hydrogen (secondary N) is 1. The zero-order valence-electron chi connectivity index (χ0n) is 8.28. The number of rotatable bonds is 5. The summed E-state index contributed by atoms with van der Waals surface area (Å²) in [5.74, 6) is 0. The molecule has 4 nitrogen and oxygen atoms in total. The first-order chi connectivity index (χ1) is 7.21. The molecule has 0 spiro atoms. The first-order valence-corrected chi connectivity index (χ1v) is 5.05. The monoisotopic (exact) mass is 230 g/mol. The van der Waals surface area contributed by atoms with E-state index < -0.39 is 6.04 Å². The summed E-state index contributed by atoms with van der Waals surface area (Å²) in [5, 5.41) is 21.2. The Labute approximate surface area is 93.7 Å². The van der Waals surface area contributed by atoms with Gasteiger partial charge in [0.1, 0.15) is 0 Å². The van der Waals surface area contributed by atoms with Crippen molar-refractivity contribution in [1.82, 2.24) is 0 Å². The molecule has 1 aromatic rings. The highest BCUT2D eigenvalue weighted by Crippen LogP contribution is 2.23. The van der Waals surface area contributed by atoms with Crippen molar-refractivity contribution in [2.45, 2.75) is 12.6 Å². The second-order valence-electron chi connectivity index (χ2n) is 3.22. The minimum absolute atomic E-state index is 0.147. The molecule has 0 saturated heterocycles. The molecule has 0 heterocycles. The summed E-state index contributed by atoms with van der Waals surface area (Å²) in [7, 11) is 0. The van der Waals surface area contributed by atoms with Gasteiger partial charge in [-0.15, -0.1) is 0 Å².